The van der Waals surface area contributed by atoms with Gasteiger partial charge in [0.05, 0.1) is 0 Å². The molecular formula is C16H26N2O. The van der Waals surface area contributed by atoms with E-state index in [1.807, 2.05) is 38.1 Å². The summed E-state index contributed by atoms with van der Waals surface area (Å²) in [4.78, 5) is 11.8. The van der Waals surface area contributed by atoms with Gasteiger partial charge in [-0.3, -0.25) is 4.79 Å². The average molecular weight is 262 g/mol. The summed E-state index contributed by atoms with van der Waals surface area (Å²) >= 11 is 0. The summed E-state index contributed by atoms with van der Waals surface area (Å²) in [5.74, 6) is 0.612. The van der Waals surface area contributed by atoms with Crippen molar-refractivity contribution in [1.29, 1.82) is 0 Å². The van der Waals surface area contributed by atoms with Crippen LogP contribution in [0, 0.1) is 5.92 Å². The Labute approximate surface area is 116 Å². The molecule has 1 amide bonds. The third-order valence-corrected chi connectivity index (χ3v) is 3.46. The standard InChI is InChI=1S/C16H26N2O/c1-6-12(4)13(5)18-15-9-7-14(8-10-15)16(19)17-11(2)3/h7-13,18H,6H2,1-5H3,(H,17,19). The first-order valence-electron chi connectivity index (χ1n) is 7.11. The molecule has 19 heavy (non-hydrogen) atoms. The lowest BCUT2D eigenvalue weighted by molar-refractivity contribution is 0.0943. The molecule has 106 valence electrons. The van der Waals surface area contributed by atoms with Crippen molar-refractivity contribution in [3.05, 3.63) is 29.8 Å². The van der Waals surface area contributed by atoms with E-state index in [1.165, 1.54) is 0 Å². The Morgan fingerprint density at radius 1 is 1.11 bits per heavy atom. The first kappa shape index (κ1) is 15.5. The normalized spacial score (nSPS) is 14.0. The second kappa shape index (κ2) is 7.17. The van der Waals surface area contributed by atoms with Crippen LogP contribution in [0.3, 0.4) is 0 Å². The van der Waals surface area contributed by atoms with Crippen molar-refractivity contribution in [3.8, 4) is 0 Å². The van der Waals surface area contributed by atoms with Gasteiger partial charge in [0.25, 0.3) is 5.91 Å². The number of rotatable bonds is 6. The number of carbonyl (C=O) groups is 1. The molecule has 0 aromatic heterocycles. The molecule has 2 unspecified atom stereocenters. The lowest BCUT2D eigenvalue weighted by atomic mass is 10.0. The van der Waals surface area contributed by atoms with Gasteiger partial charge in [0.1, 0.15) is 0 Å². The molecule has 0 saturated carbocycles. The predicted octanol–water partition coefficient (Wildman–Crippen LogP) is 3.67. The summed E-state index contributed by atoms with van der Waals surface area (Å²) in [6, 6.07) is 8.26. The number of anilines is 1. The minimum absolute atomic E-state index is 0.0171. The summed E-state index contributed by atoms with van der Waals surface area (Å²) < 4.78 is 0. The van der Waals surface area contributed by atoms with Gasteiger partial charge < -0.3 is 10.6 Å². The molecule has 0 aliphatic carbocycles. The minimum Gasteiger partial charge on any atom is -0.382 e. The first-order valence-corrected chi connectivity index (χ1v) is 7.11. The van der Waals surface area contributed by atoms with Crippen LogP contribution in [0.5, 0.6) is 0 Å². The largest absolute Gasteiger partial charge is 0.382 e. The van der Waals surface area contributed by atoms with Crippen molar-refractivity contribution in [3.63, 3.8) is 0 Å². The van der Waals surface area contributed by atoms with Crippen LogP contribution in [0.15, 0.2) is 24.3 Å². The fraction of sp³-hybridized carbons (Fsp3) is 0.562. The second-order valence-corrected chi connectivity index (χ2v) is 5.52. The Balaban J connectivity index is 2.64. The van der Waals surface area contributed by atoms with Gasteiger partial charge >= 0.3 is 0 Å². The van der Waals surface area contributed by atoms with E-state index in [-0.39, 0.29) is 11.9 Å². The van der Waals surface area contributed by atoms with E-state index in [4.69, 9.17) is 0 Å². The zero-order valence-corrected chi connectivity index (χ0v) is 12.7. The zero-order valence-electron chi connectivity index (χ0n) is 12.7. The number of nitrogens with one attached hydrogen (secondary N) is 2. The predicted molar refractivity (Wildman–Crippen MR) is 81.6 cm³/mol. The lowest BCUT2D eigenvalue weighted by Crippen LogP contribution is -2.30. The number of hydrogen-bond donors (Lipinski definition) is 2. The molecular weight excluding hydrogens is 236 g/mol. The van der Waals surface area contributed by atoms with Gasteiger partial charge in [-0.15, -0.1) is 0 Å². The molecule has 3 nitrogen and oxygen atoms in total. The molecule has 2 atom stereocenters. The maximum Gasteiger partial charge on any atom is 0.251 e. The van der Waals surface area contributed by atoms with E-state index in [9.17, 15) is 4.79 Å². The molecule has 1 aromatic carbocycles. The Bertz CT molecular complexity index is 398. The van der Waals surface area contributed by atoms with Crippen LogP contribution in [-0.4, -0.2) is 18.0 Å². The molecule has 0 heterocycles. The van der Waals surface area contributed by atoms with Gasteiger partial charge in [-0.2, -0.15) is 0 Å². The Kier molecular flexibility index (Phi) is 5.87. The smallest absolute Gasteiger partial charge is 0.251 e. The van der Waals surface area contributed by atoms with Crippen molar-refractivity contribution in [2.24, 2.45) is 5.92 Å². The maximum absolute atomic E-state index is 11.8. The quantitative estimate of drug-likeness (QED) is 0.821. The molecule has 2 N–H and O–H groups in total. The second-order valence-electron chi connectivity index (χ2n) is 5.52. The fourth-order valence-corrected chi connectivity index (χ4v) is 1.82. The Hall–Kier alpha value is -1.51. The van der Waals surface area contributed by atoms with Gasteiger partial charge in [-0.05, 0) is 51.0 Å². The summed E-state index contributed by atoms with van der Waals surface area (Å²) in [5.41, 5.74) is 1.77. The summed E-state index contributed by atoms with van der Waals surface area (Å²) in [5, 5.41) is 6.36. The third-order valence-electron chi connectivity index (χ3n) is 3.46. The molecule has 0 aliphatic rings. The van der Waals surface area contributed by atoms with Gasteiger partial charge in [0.15, 0.2) is 0 Å². The lowest BCUT2D eigenvalue weighted by Gasteiger charge is -2.21. The van der Waals surface area contributed by atoms with Crippen LogP contribution in [0.25, 0.3) is 0 Å². The van der Waals surface area contributed by atoms with Crippen molar-refractivity contribution in [2.75, 3.05) is 5.32 Å². The fourth-order valence-electron chi connectivity index (χ4n) is 1.82. The van der Waals surface area contributed by atoms with E-state index in [2.05, 4.69) is 31.4 Å². The Morgan fingerprint density at radius 2 is 1.68 bits per heavy atom. The average Bonchev–Trinajstić information content (AvgIpc) is 2.37. The topological polar surface area (TPSA) is 41.1 Å². The molecule has 0 bridgehead atoms. The molecule has 0 saturated heterocycles. The Morgan fingerprint density at radius 3 is 2.16 bits per heavy atom. The van der Waals surface area contributed by atoms with Crippen LogP contribution in [0.1, 0.15) is 51.4 Å². The number of benzene rings is 1. The minimum atomic E-state index is -0.0171. The van der Waals surface area contributed by atoms with Crippen molar-refractivity contribution >= 4 is 11.6 Å². The highest BCUT2D eigenvalue weighted by Crippen LogP contribution is 2.15. The molecule has 1 aromatic rings. The van der Waals surface area contributed by atoms with Gasteiger partial charge in [0.2, 0.25) is 0 Å². The number of carbonyl (C=O) groups excluding carboxylic acids is 1. The van der Waals surface area contributed by atoms with E-state index >= 15 is 0 Å². The first-order chi connectivity index (χ1) is 8.93. The highest BCUT2D eigenvalue weighted by atomic mass is 16.1. The highest BCUT2D eigenvalue weighted by Gasteiger charge is 2.10. The molecule has 1 rings (SSSR count). The third kappa shape index (κ3) is 4.93. The van der Waals surface area contributed by atoms with Gasteiger partial charge in [-0.1, -0.05) is 20.3 Å². The molecule has 0 fully saturated rings. The van der Waals surface area contributed by atoms with E-state index in [0.29, 0.717) is 17.5 Å². The van der Waals surface area contributed by atoms with Crippen molar-refractivity contribution < 1.29 is 4.79 Å². The monoisotopic (exact) mass is 262 g/mol. The zero-order chi connectivity index (χ0) is 14.4. The van der Waals surface area contributed by atoms with Gasteiger partial charge in [-0.25, -0.2) is 0 Å². The van der Waals surface area contributed by atoms with Crippen LogP contribution >= 0.6 is 0 Å². The summed E-state index contributed by atoms with van der Waals surface area (Å²) in [6.07, 6.45) is 1.16. The van der Waals surface area contributed by atoms with Crippen LogP contribution < -0.4 is 10.6 Å². The van der Waals surface area contributed by atoms with E-state index in [0.717, 1.165) is 12.1 Å². The van der Waals surface area contributed by atoms with Gasteiger partial charge in [0, 0.05) is 23.3 Å². The van der Waals surface area contributed by atoms with Crippen LogP contribution in [0.4, 0.5) is 5.69 Å². The van der Waals surface area contributed by atoms with Crippen molar-refractivity contribution in [2.45, 2.75) is 53.1 Å². The summed E-state index contributed by atoms with van der Waals surface area (Å²) in [6.45, 7) is 10.5. The SMILES string of the molecule is CCC(C)C(C)Nc1ccc(C(=O)NC(C)C)cc1. The summed E-state index contributed by atoms with van der Waals surface area (Å²) in [7, 11) is 0. The van der Waals surface area contributed by atoms with E-state index in [1.54, 1.807) is 0 Å². The number of amides is 1. The molecule has 3 heteroatoms. The van der Waals surface area contributed by atoms with Crippen LogP contribution in [0.2, 0.25) is 0 Å². The van der Waals surface area contributed by atoms with E-state index < -0.39 is 0 Å². The van der Waals surface area contributed by atoms with Crippen molar-refractivity contribution in [1.82, 2.24) is 5.32 Å². The highest BCUT2D eigenvalue weighted by molar-refractivity contribution is 5.94. The molecule has 0 aliphatic heterocycles. The maximum atomic E-state index is 11.8. The van der Waals surface area contributed by atoms with Crippen LogP contribution in [-0.2, 0) is 0 Å². The number of hydrogen-bond acceptors (Lipinski definition) is 2. The molecule has 0 spiro atoms. The molecule has 0 radical (unpaired) electrons.